The van der Waals surface area contributed by atoms with Gasteiger partial charge in [0.2, 0.25) is 0 Å². The second kappa shape index (κ2) is 25.2. The highest BCUT2D eigenvalue weighted by Gasteiger charge is 2.20. The monoisotopic (exact) mass is 960 g/mol. The van der Waals surface area contributed by atoms with Gasteiger partial charge >= 0.3 is 0 Å². The van der Waals surface area contributed by atoms with Crippen molar-refractivity contribution in [3.05, 3.63) is 127 Å². The number of nitrogens with zero attached hydrogens (tertiary/aromatic N) is 5. The van der Waals surface area contributed by atoms with E-state index in [2.05, 4.69) is 25.8 Å². The van der Waals surface area contributed by atoms with E-state index in [4.69, 9.17) is 23.9 Å². The molecule has 8 rings (SSSR count). The van der Waals surface area contributed by atoms with Gasteiger partial charge in [0.05, 0.1) is 49.7 Å². The van der Waals surface area contributed by atoms with Crippen molar-refractivity contribution in [1.29, 1.82) is 0 Å². The normalized spacial score (nSPS) is 13.5. The van der Waals surface area contributed by atoms with E-state index in [-0.39, 0.29) is 16.3 Å². The molecular formula is C45H52N8O8S4. The Morgan fingerprint density at radius 1 is 0.662 bits per heavy atom. The molecular weight excluding hydrogens is 909 g/mol. The minimum Gasteiger partial charge on any atom is -0.493 e. The fourth-order valence-corrected chi connectivity index (χ4v) is 10.1. The molecule has 2 aliphatic heterocycles. The minimum absolute atomic E-state index is 0.0512. The van der Waals surface area contributed by atoms with Crippen LogP contribution in [-0.4, -0.2) is 102 Å². The fraction of sp³-hybridized carbons (Fsp3) is 0.333. The Hall–Kier alpha value is -5.64. The molecule has 65 heavy (non-hydrogen) atoms. The van der Waals surface area contributed by atoms with Gasteiger partial charge in [-0.25, -0.2) is 9.97 Å². The summed E-state index contributed by atoms with van der Waals surface area (Å²) in [6.45, 7) is 6.42. The molecule has 344 valence electrons. The van der Waals surface area contributed by atoms with E-state index in [0.717, 1.165) is 74.2 Å². The Bertz CT molecular complexity index is 2470. The first-order valence-corrected chi connectivity index (χ1v) is 24.6. The molecule has 4 aromatic carbocycles. The van der Waals surface area contributed by atoms with Crippen molar-refractivity contribution in [2.75, 3.05) is 88.3 Å². The average Bonchev–Trinajstić information content (AvgIpc) is 4.01. The number of non-ortho nitro benzene ring substituents is 2. The van der Waals surface area contributed by atoms with Gasteiger partial charge in [-0.3, -0.25) is 25.1 Å². The Morgan fingerprint density at radius 3 is 1.72 bits per heavy atom. The number of nitrogens with one attached hydrogen (secondary N) is 3. The van der Waals surface area contributed by atoms with Gasteiger partial charge < -0.3 is 34.9 Å². The quantitative estimate of drug-likeness (QED) is 0.0614. The number of nitro groups is 2. The van der Waals surface area contributed by atoms with Crippen LogP contribution in [0, 0.1) is 20.2 Å². The number of aromatic nitrogens is 2. The molecule has 2 fully saturated rings. The van der Waals surface area contributed by atoms with Crippen LogP contribution in [-0.2, 0) is 19.6 Å². The molecule has 3 N–H and O–H groups in total. The van der Waals surface area contributed by atoms with Crippen LogP contribution in [0.3, 0.4) is 0 Å². The molecule has 20 heteroatoms. The van der Waals surface area contributed by atoms with E-state index in [1.165, 1.54) is 54.1 Å². The van der Waals surface area contributed by atoms with E-state index >= 15 is 0 Å². The SMILES string of the molecule is C1CSCCN1.COc1ccc(CNc2nc(-c3cccc([N+](=O)[O-])c3)c(CN3CCSCC3)s2)cc1OC.COc1ccc(CNc2nc(-c3cccc([N+](=O)[O-])c3)cs2)cc1OC. The highest BCUT2D eigenvalue weighted by Crippen LogP contribution is 2.35. The third kappa shape index (κ3) is 14.4. The Morgan fingerprint density at radius 2 is 1.20 bits per heavy atom. The third-order valence-corrected chi connectivity index (χ3v) is 13.7. The molecule has 0 radical (unpaired) electrons. The number of nitro benzene ring substituents is 2. The molecule has 0 aliphatic carbocycles. The van der Waals surface area contributed by atoms with Crippen LogP contribution < -0.4 is 34.9 Å². The van der Waals surface area contributed by atoms with Gasteiger partial charge in [0.1, 0.15) is 0 Å². The first-order valence-electron chi connectivity index (χ1n) is 20.6. The molecule has 4 heterocycles. The Kier molecular flexibility index (Phi) is 18.9. The van der Waals surface area contributed by atoms with Gasteiger partial charge in [0, 0.05) is 114 Å². The standard InChI is InChI=1S/C23H26N4O4S2.C18H17N3O4S.C4H9NS/c1-30-19-7-6-16(12-20(19)31-2)14-24-23-25-22(17-4-3-5-18(13-17)27(28)29)21(33-23)15-26-8-10-32-11-9-26;1-24-16-7-6-12(8-17(16)25-2)10-19-18-20-15(11-26-18)13-4-3-5-14(9-13)21(22)23;1-3-6-4-2-5-1/h3-7,12-13H,8-11,14-15H2,1-2H3,(H,24,25);3-9,11H,10H2,1-2H3,(H,19,20);5H,1-4H2. The van der Waals surface area contributed by atoms with Crippen molar-refractivity contribution in [2.24, 2.45) is 0 Å². The predicted octanol–water partition coefficient (Wildman–Crippen LogP) is 9.57. The van der Waals surface area contributed by atoms with Crippen LogP contribution >= 0.6 is 46.2 Å². The lowest BCUT2D eigenvalue weighted by atomic mass is 10.1. The van der Waals surface area contributed by atoms with E-state index in [9.17, 15) is 20.2 Å². The van der Waals surface area contributed by atoms with Crippen LogP contribution in [0.15, 0.2) is 90.3 Å². The van der Waals surface area contributed by atoms with Gasteiger partial charge in [-0.1, -0.05) is 36.4 Å². The van der Waals surface area contributed by atoms with Crippen molar-refractivity contribution in [1.82, 2.24) is 20.2 Å². The van der Waals surface area contributed by atoms with Crippen LogP contribution in [0.1, 0.15) is 16.0 Å². The van der Waals surface area contributed by atoms with E-state index < -0.39 is 4.92 Å². The minimum atomic E-state index is -0.411. The van der Waals surface area contributed by atoms with Crippen molar-refractivity contribution in [3.8, 4) is 45.5 Å². The molecule has 16 nitrogen and oxygen atoms in total. The Labute approximate surface area is 394 Å². The molecule has 0 saturated carbocycles. The predicted molar refractivity (Wildman–Crippen MR) is 265 cm³/mol. The smallest absolute Gasteiger partial charge is 0.270 e. The summed E-state index contributed by atoms with van der Waals surface area (Å²) in [5.74, 6) is 7.56. The summed E-state index contributed by atoms with van der Waals surface area (Å²) in [5, 5.41) is 35.5. The van der Waals surface area contributed by atoms with Crippen LogP contribution in [0.5, 0.6) is 23.0 Å². The number of hydrogen-bond acceptors (Lipinski definition) is 18. The number of thiazole rings is 2. The topological polar surface area (TPSA) is 188 Å². The van der Waals surface area contributed by atoms with E-state index in [1.807, 2.05) is 71.4 Å². The third-order valence-electron chi connectivity index (χ3n) is 9.99. The fourth-order valence-electron chi connectivity index (χ4n) is 6.61. The largest absolute Gasteiger partial charge is 0.493 e. The number of hydrogen-bond donors (Lipinski definition) is 3. The molecule has 2 aromatic heterocycles. The molecule has 0 spiro atoms. The molecule has 0 amide bonds. The van der Waals surface area contributed by atoms with Crippen molar-refractivity contribution < 1.29 is 28.8 Å². The number of ether oxygens (including phenoxy) is 4. The van der Waals surface area contributed by atoms with Crippen molar-refractivity contribution in [2.45, 2.75) is 19.6 Å². The number of benzene rings is 4. The lowest BCUT2D eigenvalue weighted by Gasteiger charge is -2.25. The van der Waals surface area contributed by atoms with Crippen LogP contribution in [0.25, 0.3) is 22.5 Å². The maximum absolute atomic E-state index is 11.3. The molecule has 2 aliphatic rings. The van der Waals surface area contributed by atoms with E-state index in [0.29, 0.717) is 41.8 Å². The molecule has 6 aromatic rings. The summed E-state index contributed by atoms with van der Waals surface area (Å²) >= 11 is 7.05. The summed E-state index contributed by atoms with van der Waals surface area (Å²) in [6, 6.07) is 24.7. The highest BCUT2D eigenvalue weighted by atomic mass is 32.2. The Balaban J connectivity index is 0.000000194. The summed E-state index contributed by atoms with van der Waals surface area (Å²) in [6.07, 6.45) is 0. The highest BCUT2D eigenvalue weighted by molar-refractivity contribution is 7.99. The second-order valence-electron chi connectivity index (χ2n) is 14.3. The first kappa shape index (κ1) is 48.8. The zero-order valence-electron chi connectivity index (χ0n) is 36.6. The molecule has 0 unspecified atom stereocenters. The van der Waals surface area contributed by atoms with Crippen LogP contribution in [0.2, 0.25) is 0 Å². The molecule has 2 saturated heterocycles. The second-order valence-corrected chi connectivity index (χ2v) is 18.7. The van der Waals surface area contributed by atoms with Crippen LogP contribution in [0.4, 0.5) is 21.6 Å². The van der Waals surface area contributed by atoms with Gasteiger partial charge in [0.25, 0.3) is 11.4 Å². The number of anilines is 2. The summed E-state index contributed by atoms with van der Waals surface area (Å²) < 4.78 is 21.2. The molecule has 0 atom stereocenters. The summed E-state index contributed by atoms with van der Waals surface area (Å²) in [4.78, 5) is 34.3. The summed E-state index contributed by atoms with van der Waals surface area (Å²) in [7, 11) is 6.43. The molecule has 0 bridgehead atoms. The van der Waals surface area contributed by atoms with Crippen molar-refractivity contribution in [3.63, 3.8) is 0 Å². The zero-order valence-corrected chi connectivity index (χ0v) is 39.8. The lowest BCUT2D eigenvalue weighted by Crippen LogP contribution is -2.31. The number of rotatable bonds is 16. The maximum atomic E-state index is 11.3. The number of methoxy groups -OCH3 is 4. The van der Waals surface area contributed by atoms with Gasteiger partial charge in [-0.05, 0) is 35.4 Å². The summed E-state index contributed by atoms with van der Waals surface area (Å²) in [5.41, 5.74) is 5.17. The van der Waals surface area contributed by atoms with Gasteiger partial charge in [-0.2, -0.15) is 23.5 Å². The van der Waals surface area contributed by atoms with Gasteiger partial charge in [-0.15, -0.1) is 22.7 Å². The van der Waals surface area contributed by atoms with E-state index in [1.54, 1.807) is 64.0 Å². The average molecular weight is 961 g/mol. The van der Waals surface area contributed by atoms with Crippen molar-refractivity contribution >= 4 is 67.8 Å². The number of thioether (sulfide) groups is 2. The first-order chi connectivity index (χ1) is 31.7. The van der Waals surface area contributed by atoms with Gasteiger partial charge in [0.15, 0.2) is 33.3 Å². The maximum Gasteiger partial charge on any atom is 0.270 e. The lowest BCUT2D eigenvalue weighted by molar-refractivity contribution is -0.385. The zero-order chi connectivity index (χ0) is 46.0.